The Labute approximate surface area is 172 Å². The van der Waals surface area contributed by atoms with Crippen LogP contribution >= 0.6 is 15.9 Å². The van der Waals surface area contributed by atoms with Crippen molar-refractivity contribution < 1.29 is 4.92 Å². The molecule has 0 spiro atoms. The highest BCUT2D eigenvalue weighted by atomic mass is 79.9. The highest BCUT2D eigenvalue weighted by Gasteiger charge is 2.38. The van der Waals surface area contributed by atoms with Gasteiger partial charge in [-0.05, 0) is 68.6 Å². The molecular weight excluding hydrogens is 426 g/mol. The highest BCUT2D eigenvalue weighted by Crippen LogP contribution is 2.35. The number of hydrogen-bond donors (Lipinski definition) is 3. The number of halogens is 1. The summed E-state index contributed by atoms with van der Waals surface area (Å²) in [7, 11) is 0. The third-order valence-corrected chi connectivity index (χ3v) is 4.98. The zero-order valence-electron chi connectivity index (χ0n) is 16.3. The third kappa shape index (κ3) is 4.93. The van der Waals surface area contributed by atoms with E-state index >= 15 is 0 Å². The van der Waals surface area contributed by atoms with Gasteiger partial charge in [-0.1, -0.05) is 0 Å². The maximum Gasteiger partial charge on any atom is 0.353 e. The van der Waals surface area contributed by atoms with Crippen LogP contribution in [0, 0.1) is 10.1 Å². The molecule has 1 aliphatic heterocycles. The Balaban J connectivity index is 1.89. The molecule has 1 saturated heterocycles. The van der Waals surface area contributed by atoms with E-state index < -0.39 is 4.92 Å². The minimum Gasteiger partial charge on any atom is -0.361 e. The summed E-state index contributed by atoms with van der Waals surface area (Å²) in [5.74, 6) is 0.767. The largest absolute Gasteiger partial charge is 0.361 e. The van der Waals surface area contributed by atoms with Crippen molar-refractivity contribution in [2.24, 2.45) is 0 Å². The molecule has 0 amide bonds. The van der Waals surface area contributed by atoms with Gasteiger partial charge in [0.05, 0.1) is 4.92 Å². The minimum atomic E-state index is -0.471. The average Bonchev–Trinajstić information content (AvgIpc) is 2.54. The summed E-state index contributed by atoms with van der Waals surface area (Å²) in [6.07, 6.45) is 4.55. The minimum absolute atomic E-state index is 0.0403. The number of pyridine rings is 1. The number of nitrogens with zero attached hydrogens (tertiary/aromatic N) is 4. The van der Waals surface area contributed by atoms with E-state index in [1.54, 1.807) is 18.3 Å². The van der Waals surface area contributed by atoms with Crippen LogP contribution in [0.5, 0.6) is 0 Å². The standard InChI is InChI=1S/C18H24BrN7O2/c1-17(2)7-12(8-18(3,4)25-17)23-15-14(26(27)28)16(22-10-21-15)24-13-6-5-11(19)9-20-13/h5-6,9-10,12,25H,7-8H2,1-4H3,(H2,20,21,22,23,24). The second-order valence-corrected chi connectivity index (χ2v) is 9.22. The predicted molar refractivity (Wildman–Crippen MR) is 112 cm³/mol. The van der Waals surface area contributed by atoms with E-state index in [9.17, 15) is 10.1 Å². The van der Waals surface area contributed by atoms with E-state index in [1.165, 1.54) is 6.33 Å². The van der Waals surface area contributed by atoms with Gasteiger partial charge in [0.1, 0.15) is 12.1 Å². The fourth-order valence-electron chi connectivity index (χ4n) is 3.94. The molecule has 3 N–H and O–H groups in total. The molecule has 10 heteroatoms. The Morgan fingerprint density at radius 3 is 2.36 bits per heavy atom. The first-order valence-corrected chi connectivity index (χ1v) is 9.78. The summed E-state index contributed by atoms with van der Waals surface area (Å²) < 4.78 is 0.814. The van der Waals surface area contributed by atoms with Crippen LogP contribution < -0.4 is 16.0 Å². The van der Waals surface area contributed by atoms with Gasteiger partial charge < -0.3 is 16.0 Å². The molecule has 1 fully saturated rings. The first-order chi connectivity index (χ1) is 13.0. The Morgan fingerprint density at radius 1 is 1.14 bits per heavy atom. The zero-order valence-corrected chi connectivity index (χ0v) is 17.9. The van der Waals surface area contributed by atoms with Crippen molar-refractivity contribution in [1.29, 1.82) is 0 Å². The van der Waals surface area contributed by atoms with Crippen LogP contribution in [0.4, 0.5) is 23.1 Å². The van der Waals surface area contributed by atoms with Crippen molar-refractivity contribution in [2.75, 3.05) is 10.6 Å². The second kappa shape index (κ2) is 7.59. The Bertz CT molecular complexity index is 855. The number of nitro groups is 1. The summed E-state index contributed by atoms with van der Waals surface area (Å²) in [6.45, 7) is 8.51. The van der Waals surface area contributed by atoms with E-state index in [-0.39, 0.29) is 34.4 Å². The van der Waals surface area contributed by atoms with Crippen molar-refractivity contribution in [1.82, 2.24) is 20.3 Å². The molecule has 0 unspecified atom stereocenters. The molecule has 9 nitrogen and oxygen atoms in total. The summed E-state index contributed by atoms with van der Waals surface area (Å²) in [5, 5.41) is 21.6. The van der Waals surface area contributed by atoms with E-state index in [4.69, 9.17) is 0 Å². The molecule has 2 aromatic rings. The van der Waals surface area contributed by atoms with Gasteiger partial charge >= 0.3 is 5.69 Å². The molecule has 3 rings (SSSR count). The fourth-order valence-corrected chi connectivity index (χ4v) is 4.17. The first-order valence-electron chi connectivity index (χ1n) is 8.98. The van der Waals surface area contributed by atoms with Gasteiger partial charge in [0.25, 0.3) is 0 Å². The Hall–Kier alpha value is -2.33. The highest BCUT2D eigenvalue weighted by molar-refractivity contribution is 9.10. The lowest BCUT2D eigenvalue weighted by atomic mass is 9.79. The summed E-state index contributed by atoms with van der Waals surface area (Å²) in [6, 6.07) is 3.54. The van der Waals surface area contributed by atoms with Gasteiger partial charge in [-0.2, -0.15) is 0 Å². The van der Waals surface area contributed by atoms with Crippen molar-refractivity contribution in [3.8, 4) is 0 Å². The maximum atomic E-state index is 11.8. The molecule has 0 atom stereocenters. The van der Waals surface area contributed by atoms with Gasteiger partial charge in [0.2, 0.25) is 11.6 Å². The number of rotatable bonds is 5. The van der Waals surface area contributed by atoms with Gasteiger partial charge in [-0.25, -0.2) is 15.0 Å². The summed E-state index contributed by atoms with van der Waals surface area (Å²) in [5.41, 5.74) is -0.380. The molecule has 28 heavy (non-hydrogen) atoms. The lowest BCUT2D eigenvalue weighted by Crippen LogP contribution is -2.60. The number of hydrogen-bond acceptors (Lipinski definition) is 8. The van der Waals surface area contributed by atoms with Crippen LogP contribution in [0.2, 0.25) is 0 Å². The monoisotopic (exact) mass is 449 g/mol. The molecule has 0 aliphatic carbocycles. The molecule has 2 aromatic heterocycles. The second-order valence-electron chi connectivity index (χ2n) is 8.31. The van der Waals surface area contributed by atoms with Gasteiger partial charge in [0, 0.05) is 27.8 Å². The normalized spacial score (nSPS) is 18.5. The van der Waals surface area contributed by atoms with E-state index in [0.29, 0.717) is 5.82 Å². The average molecular weight is 450 g/mol. The fraction of sp³-hybridized carbons (Fsp3) is 0.500. The number of nitrogens with one attached hydrogen (secondary N) is 3. The summed E-state index contributed by atoms with van der Waals surface area (Å²) in [4.78, 5) is 23.7. The molecular formula is C18H24BrN7O2. The van der Waals surface area contributed by atoms with Crippen LogP contribution in [0.1, 0.15) is 40.5 Å². The molecule has 0 aromatic carbocycles. The van der Waals surface area contributed by atoms with E-state index in [2.05, 4.69) is 74.5 Å². The van der Waals surface area contributed by atoms with Crippen LogP contribution in [-0.4, -0.2) is 37.0 Å². The SMILES string of the molecule is CC1(C)CC(Nc2ncnc(Nc3ccc(Br)cn3)c2[N+](=O)[O-])CC(C)(C)N1. The van der Waals surface area contributed by atoms with Gasteiger partial charge in [-0.15, -0.1) is 0 Å². The molecule has 3 heterocycles. The van der Waals surface area contributed by atoms with Crippen molar-refractivity contribution >= 4 is 39.1 Å². The topological polar surface area (TPSA) is 118 Å². The first kappa shape index (κ1) is 20.4. The summed E-state index contributed by atoms with van der Waals surface area (Å²) >= 11 is 3.31. The lowest BCUT2D eigenvalue weighted by molar-refractivity contribution is -0.383. The van der Waals surface area contributed by atoms with Crippen molar-refractivity contribution in [2.45, 2.75) is 57.7 Å². The third-order valence-electron chi connectivity index (χ3n) is 4.51. The lowest BCUT2D eigenvalue weighted by Gasteiger charge is -2.46. The Kier molecular flexibility index (Phi) is 5.53. The molecule has 0 radical (unpaired) electrons. The van der Waals surface area contributed by atoms with Gasteiger partial charge in [-0.3, -0.25) is 10.1 Å². The molecule has 0 saturated carbocycles. The quantitative estimate of drug-likeness (QED) is 0.462. The maximum absolute atomic E-state index is 11.8. The predicted octanol–water partition coefficient (Wildman–Crippen LogP) is 4.01. The van der Waals surface area contributed by atoms with Gasteiger partial charge in [0.15, 0.2) is 0 Å². The van der Waals surface area contributed by atoms with E-state index in [0.717, 1.165) is 17.3 Å². The number of anilines is 3. The van der Waals surface area contributed by atoms with Crippen molar-refractivity contribution in [3.05, 3.63) is 39.2 Å². The van der Waals surface area contributed by atoms with Crippen molar-refractivity contribution in [3.63, 3.8) is 0 Å². The molecule has 0 bridgehead atoms. The Morgan fingerprint density at radius 2 is 1.79 bits per heavy atom. The molecule has 1 aliphatic rings. The zero-order chi connectivity index (χ0) is 20.5. The number of aromatic nitrogens is 3. The van der Waals surface area contributed by atoms with E-state index in [1.807, 2.05) is 0 Å². The smallest absolute Gasteiger partial charge is 0.353 e. The molecule has 150 valence electrons. The van der Waals surface area contributed by atoms with Crippen LogP contribution in [-0.2, 0) is 0 Å². The van der Waals surface area contributed by atoms with Crippen LogP contribution in [0.25, 0.3) is 0 Å². The van der Waals surface area contributed by atoms with Crippen LogP contribution in [0.15, 0.2) is 29.1 Å². The van der Waals surface area contributed by atoms with Crippen LogP contribution in [0.3, 0.4) is 0 Å². The number of piperidine rings is 1.